The lowest BCUT2D eigenvalue weighted by Crippen LogP contribution is -2.26. The van der Waals surface area contributed by atoms with Crippen LogP contribution in [0.15, 0.2) is 24.3 Å². The molecule has 0 saturated heterocycles. The van der Waals surface area contributed by atoms with E-state index in [2.05, 4.69) is 0 Å². The van der Waals surface area contributed by atoms with Gasteiger partial charge in [-0.1, -0.05) is 12.1 Å². The molecule has 0 radical (unpaired) electrons. The number of hydrogen-bond donors (Lipinski definition) is 3. The van der Waals surface area contributed by atoms with Gasteiger partial charge in [0.1, 0.15) is 5.75 Å². The number of hydrogen-bond acceptors (Lipinski definition) is 3. The monoisotopic (exact) mass is 195 g/mol. The third kappa shape index (κ3) is 3.45. The SMILES string of the molecule is N[C@H](CC(=O)O)Cc1ccc(O)cc1. The second-order valence-electron chi connectivity index (χ2n) is 3.23. The number of phenols is 1. The van der Waals surface area contributed by atoms with E-state index in [0.29, 0.717) is 6.42 Å². The normalized spacial score (nSPS) is 12.4. The van der Waals surface area contributed by atoms with E-state index in [1.54, 1.807) is 24.3 Å². The van der Waals surface area contributed by atoms with E-state index in [9.17, 15) is 4.79 Å². The molecule has 0 bridgehead atoms. The maximum absolute atomic E-state index is 10.3. The van der Waals surface area contributed by atoms with Crippen LogP contribution in [-0.4, -0.2) is 22.2 Å². The number of benzene rings is 1. The fourth-order valence-electron chi connectivity index (χ4n) is 1.23. The number of aromatic hydroxyl groups is 1. The molecule has 76 valence electrons. The summed E-state index contributed by atoms with van der Waals surface area (Å²) >= 11 is 0. The van der Waals surface area contributed by atoms with Gasteiger partial charge in [-0.2, -0.15) is 0 Å². The van der Waals surface area contributed by atoms with Crippen LogP contribution < -0.4 is 5.73 Å². The van der Waals surface area contributed by atoms with Crippen molar-refractivity contribution in [2.75, 3.05) is 0 Å². The number of carboxylic acids is 1. The molecule has 1 aromatic carbocycles. The van der Waals surface area contributed by atoms with Gasteiger partial charge in [0.25, 0.3) is 0 Å². The highest BCUT2D eigenvalue weighted by Gasteiger charge is 2.08. The molecule has 4 heteroatoms. The van der Waals surface area contributed by atoms with Crippen molar-refractivity contribution >= 4 is 5.97 Å². The van der Waals surface area contributed by atoms with Gasteiger partial charge in [0, 0.05) is 6.04 Å². The summed E-state index contributed by atoms with van der Waals surface area (Å²) in [4.78, 5) is 10.3. The Morgan fingerprint density at radius 2 is 1.93 bits per heavy atom. The van der Waals surface area contributed by atoms with E-state index in [1.807, 2.05) is 0 Å². The lowest BCUT2D eigenvalue weighted by atomic mass is 10.0. The van der Waals surface area contributed by atoms with Gasteiger partial charge >= 0.3 is 5.97 Å². The van der Waals surface area contributed by atoms with E-state index in [0.717, 1.165) is 5.56 Å². The molecule has 14 heavy (non-hydrogen) atoms. The van der Waals surface area contributed by atoms with Crippen LogP contribution in [0.4, 0.5) is 0 Å². The minimum absolute atomic E-state index is 0.0408. The maximum atomic E-state index is 10.3. The first kappa shape index (κ1) is 10.5. The van der Waals surface area contributed by atoms with E-state index in [1.165, 1.54) is 0 Å². The molecule has 0 aliphatic rings. The molecular formula is C10H13NO3. The van der Waals surface area contributed by atoms with Gasteiger partial charge in [0.15, 0.2) is 0 Å². The van der Waals surface area contributed by atoms with Crippen LogP contribution in [0.1, 0.15) is 12.0 Å². The summed E-state index contributed by atoms with van der Waals surface area (Å²) < 4.78 is 0. The van der Waals surface area contributed by atoms with Crippen LogP contribution in [0, 0.1) is 0 Å². The molecule has 0 saturated carbocycles. The quantitative estimate of drug-likeness (QED) is 0.661. The van der Waals surface area contributed by atoms with Crippen molar-refractivity contribution in [3.8, 4) is 5.75 Å². The minimum Gasteiger partial charge on any atom is -0.508 e. The predicted molar refractivity (Wildman–Crippen MR) is 52.0 cm³/mol. The fourth-order valence-corrected chi connectivity index (χ4v) is 1.23. The van der Waals surface area contributed by atoms with Crippen molar-refractivity contribution in [2.24, 2.45) is 5.73 Å². The zero-order valence-electron chi connectivity index (χ0n) is 7.68. The topological polar surface area (TPSA) is 83.6 Å². The van der Waals surface area contributed by atoms with Crippen LogP contribution in [0.3, 0.4) is 0 Å². The molecule has 0 aliphatic carbocycles. The molecule has 0 heterocycles. The van der Waals surface area contributed by atoms with Crippen LogP contribution >= 0.6 is 0 Å². The van der Waals surface area contributed by atoms with E-state index >= 15 is 0 Å². The molecule has 0 aliphatic heterocycles. The average Bonchev–Trinajstić information content (AvgIpc) is 2.07. The second kappa shape index (κ2) is 4.62. The molecule has 1 aromatic rings. The number of nitrogens with two attached hydrogens (primary N) is 1. The lowest BCUT2D eigenvalue weighted by molar-refractivity contribution is -0.137. The third-order valence-corrected chi connectivity index (χ3v) is 1.87. The first-order chi connectivity index (χ1) is 6.58. The number of rotatable bonds is 4. The first-order valence-corrected chi connectivity index (χ1v) is 4.33. The van der Waals surface area contributed by atoms with Crippen molar-refractivity contribution in [1.29, 1.82) is 0 Å². The zero-order valence-corrected chi connectivity index (χ0v) is 7.68. The highest BCUT2D eigenvalue weighted by molar-refractivity contribution is 5.67. The van der Waals surface area contributed by atoms with Gasteiger partial charge in [-0.25, -0.2) is 0 Å². The molecule has 0 spiro atoms. The van der Waals surface area contributed by atoms with Gasteiger partial charge in [-0.15, -0.1) is 0 Å². The Bertz CT molecular complexity index is 308. The molecule has 1 rings (SSSR count). The molecule has 0 fully saturated rings. The Morgan fingerprint density at radius 3 is 2.43 bits per heavy atom. The molecule has 0 unspecified atom stereocenters. The van der Waals surface area contributed by atoms with E-state index < -0.39 is 5.97 Å². The van der Waals surface area contributed by atoms with E-state index in [4.69, 9.17) is 15.9 Å². The fraction of sp³-hybridized carbons (Fsp3) is 0.300. The maximum Gasteiger partial charge on any atom is 0.304 e. The summed E-state index contributed by atoms with van der Waals surface area (Å²) in [5.41, 5.74) is 6.53. The van der Waals surface area contributed by atoms with Crippen molar-refractivity contribution in [2.45, 2.75) is 18.9 Å². The molecular weight excluding hydrogens is 182 g/mol. The summed E-state index contributed by atoms with van der Waals surface area (Å²) in [6.07, 6.45) is 0.466. The number of carboxylic acid groups (broad SMARTS) is 1. The van der Waals surface area contributed by atoms with Gasteiger partial charge in [-0.3, -0.25) is 4.79 Å². The molecule has 4 N–H and O–H groups in total. The largest absolute Gasteiger partial charge is 0.508 e. The van der Waals surface area contributed by atoms with Crippen molar-refractivity contribution in [3.05, 3.63) is 29.8 Å². The van der Waals surface area contributed by atoms with Crippen LogP contribution in [0.25, 0.3) is 0 Å². The smallest absolute Gasteiger partial charge is 0.304 e. The Morgan fingerprint density at radius 1 is 1.36 bits per heavy atom. The van der Waals surface area contributed by atoms with Crippen LogP contribution in [-0.2, 0) is 11.2 Å². The summed E-state index contributed by atoms with van der Waals surface area (Å²) in [5, 5.41) is 17.5. The highest BCUT2D eigenvalue weighted by Crippen LogP contribution is 2.11. The molecule has 1 atom stereocenters. The number of carbonyl (C=O) groups is 1. The zero-order chi connectivity index (χ0) is 10.6. The van der Waals surface area contributed by atoms with Crippen LogP contribution in [0.5, 0.6) is 5.75 Å². The van der Waals surface area contributed by atoms with Gasteiger partial charge in [0.05, 0.1) is 6.42 Å². The van der Waals surface area contributed by atoms with Crippen molar-refractivity contribution in [3.63, 3.8) is 0 Å². The summed E-state index contributed by atoms with van der Waals surface area (Å²) in [5.74, 6) is -0.697. The predicted octanol–water partition coefficient (Wildman–Crippen LogP) is 0.737. The van der Waals surface area contributed by atoms with Crippen molar-refractivity contribution < 1.29 is 15.0 Å². The van der Waals surface area contributed by atoms with Gasteiger partial charge < -0.3 is 15.9 Å². The highest BCUT2D eigenvalue weighted by atomic mass is 16.4. The average molecular weight is 195 g/mol. The molecule has 0 amide bonds. The van der Waals surface area contributed by atoms with Gasteiger partial charge in [0.2, 0.25) is 0 Å². The Kier molecular flexibility index (Phi) is 3.48. The summed E-state index contributed by atoms with van der Waals surface area (Å²) in [6, 6.07) is 6.21. The first-order valence-electron chi connectivity index (χ1n) is 4.33. The van der Waals surface area contributed by atoms with Crippen molar-refractivity contribution in [1.82, 2.24) is 0 Å². The standard InChI is InChI=1S/C10H13NO3/c11-8(6-10(13)14)5-7-1-3-9(12)4-2-7/h1-4,8,12H,5-6,11H2,(H,13,14)/t8-/m0/s1. The second-order valence-corrected chi connectivity index (χ2v) is 3.23. The number of phenolic OH excluding ortho intramolecular Hbond substituents is 1. The summed E-state index contributed by atoms with van der Waals surface area (Å²) in [6.45, 7) is 0. The molecule has 0 aromatic heterocycles. The Labute approximate surface area is 82.0 Å². The Hall–Kier alpha value is -1.55. The lowest BCUT2D eigenvalue weighted by Gasteiger charge is -2.08. The Balaban J connectivity index is 2.51. The minimum atomic E-state index is -0.892. The summed E-state index contributed by atoms with van der Waals surface area (Å²) in [7, 11) is 0. The molecule has 4 nitrogen and oxygen atoms in total. The number of aliphatic carboxylic acids is 1. The van der Waals surface area contributed by atoms with Gasteiger partial charge in [-0.05, 0) is 24.1 Å². The van der Waals surface area contributed by atoms with E-state index in [-0.39, 0.29) is 18.2 Å². The van der Waals surface area contributed by atoms with Crippen LogP contribution in [0.2, 0.25) is 0 Å². The third-order valence-electron chi connectivity index (χ3n) is 1.87.